The first kappa shape index (κ1) is 8.97. The first-order valence-corrected chi connectivity index (χ1v) is 4.24. The summed E-state index contributed by atoms with van der Waals surface area (Å²) in [6.07, 6.45) is 0.856. The summed E-state index contributed by atoms with van der Waals surface area (Å²) in [6, 6.07) is 0. The molecule has 3 heteroatoms. The number of hydrogen-bond acceptors (Lipinski definition) is 3. The summed E-state index contributed by atoms with van der Waals surface area (Å²) in [5.41, 5.74) is 0. The Labute approximate surface area is 67.9 Å². The Morgan fingerprint density at radius 3 is 2.82 bits per heavy atom. The molecule has 0 aromatic carbocycles. The zero-order chi connectivity index (χ0) is 8.27. The second-order valence-corrected chi connectivity index (χ2v) is 3.52. The Bertz CT molecular complexity index is 117. The van der Waals surface area contributed by atoms with E-state index in [1.54, 1.807) is 0 Å². The molecule has 0 aromatic rings. The number of aliphatic hydroxyl groups excluding tert-OH is 1. The van der Waals surface area contributed by atoms with Gasteiger partial charge in [0.2, 0.25) is 0 Å². The Hall–Kier alpha value is -0.120. The van der Waals surface area contributed by atoms with Crippen molar-refractivity contribution in [3.8, 4) is 0 Å². The van der Waals surface area contributed by atoms with Crippen molar-refractivity contribution >= 4 is 0 Å². The third kappa shape index (κ3) is 3.18. The number of rotatable bonds is 3. The van der Waals surface area contributed by atoms with Gasteiger partial charge in [0.1, 0.15) is 0 Å². The van der Waals surface area contributed by atoms with Crippen LogP contribution in [-0.4, -0.2) is 36.0 Å². The number of hydroxylamine groups is 2. The van der Waals surface area contributed by atoms with Crippen LogP contribution in [0.4, 0.5) is 0 Å². The fourth-order valence-electron chi connectivity index (χ4n) is 1.09. The van der Waals surface area contributed by atoms with Gasteiger partial charge in [0.25, 0.3) is 0 Å². The smallest absolute Gasteiger partial charge is 0.0958 e. The summed E-state index contributed by atoms with van der Waals surface area (Å²) < 4.78 is 0. The Kier molecular flexibility index (Phi) is 3.30. The van der Waals surface area contributed by atoms with Crippen LogP contribution in [0.25, 0.3) is 0 Å². The monoisotopic (exact) mass is 159 g/mol. The Morgan fingerprint density at radius 1 is 1.64 bits per heavy atom. The number of aliphatic hydroxyl groups is 1. The zero-order valence-corrected chi connectivity index (χ0v) is 7.29. The SMILES string of the molecule is CC(C)CCN1CC(O)CO1. The summed E-state index contributed by atoms with van der Waals surface area (Å²) in [4.78, 5) is 5.20. The zero-order valence-electron chi connectivity index (χ0n) is 7.29. The van der Waals surface area contributed by atoms with Crippen LogP contribution < -0.4 is 0 Å². The normalized spacial score (nSPS) is 26.7. The largest absolute Gasteiger partial charge is 0.389 e. The maximum atomic E-state index is 9.10. The average Bonchev–Trinajstić information content (AvgIpc) is 2.31. The third-order valence-electron chi connectivity index (χ3n) is 1.82. The van der Waals surface area contributed by atoms with Crippen molar-refractivity contribution in [1.82, 2.24) is 5.06 Å². The van der Waals surface area contributed by atoms with Gasteiger partial charge in [-0.2, -0.15) is 5.06 Å². The van der Waals surface area contributed by atoms with Crippen LogP contribution in [-0.2, 0) is 4.84 Å². The van der Waals surface area contributed by atoms with E-state index in [9.17, 15) is 0 Å². The van der Waals surface area contributed by atoms with Gasteiger partial charge in [0.15, 0.2) is 0 Å². The third-order valence-corrected chi connectivity index (χ3v) is 1.82. The molecule has 1 saturated heterocycles. The first-order valence-electron chi connectivity index (χ1n) is 4.24. The van der Waals surface area contributed by atoms with Gasteiger partial charge in [-0.25, -0.2) is 0 Å². The highest BCUT2D eigenvalue weighted by molar-refractivity contribution is 4.64. The van der Waals surface area contributed by atoms with Crippen molar-refractivity contribution in [1.29, 1.82) is 0 Å². The van der Waals surface area contributed by atoms with Crippen LogP contribution in [0.1, 0.15) is 20.3 Å². The minimum Gasteiger partial charge on any atom is -0.389 e. The van der Waals surface area contributed by atoms with Crippen LogP contribution in [0.3, 0.4) is 0 Å². The lowest BCUT2D eigenvalue weighted by atomic mass is 10.1. The molecule has 1 unspecified atom stereocenters. The molecule has 1 N–H and O–H groups in total. The molecular formula is C8H17NO2. The van der Waals surface area contributed by atoms with E-state index < -0.39 is 0 Å². The average molecular weight is 159 g/mol. The minimum atomic E-state index is -0.276. The second kappa shape index (κ2) is 4.04. The standard InChI is InChI=1S/C8H17NO2/c1-7(2)3-4-9-5-8(10)6-11-9/h7-8,10H,3-6H2,1-2H3. The van der Waals surface area contributed by atoms with Gasteiger partial charge in [0.05, 0.1) is 19.3 Å². The molecule has 1 aliphatic heterocycles. The van der Waals surface area contributed by atoms with Crippen molar-refractivity contribution in [3.63, 3.8) is 0 Å². The van der Waals surface area contributed by atoms with Crippen LogP contribution >= 0.6 is 0 Å². The molecule has 0 radical (unpaired) electrons. The molecule has 1 aliphatic rings. The van der Waals surface area contributed by atoms with Crippen molar-refractivity contribution in [3.05, 3.63) is 0 Å². The van der Waals surface area contributed by atoms with Crippen molar-refractivity contribution < 1.29 is 9.94 Å². The van der Waals surface area contributed by atoms with Crippen molar-refractivity contribution in [2.45, 2.75) is 26.4 Å². The van der Waals surface area contributed by atoms with Crippen molar-refractivity contribution in [2.24, 2.45) is 5.92 Å². The molecule has 0 aromatic heterocycles. The van der Waals surface area contributed by atoms with Gasteiger partial charge in [-0.3, -0.25) is 4.84 Å². The molecular weight excluding hydrogens is 142 g/mol. The summed E-state index contributed by atoms with van der Waals surface area (Å²) in [5, 5.41) is 11.0. The maximum absolute atomic E-state index is 9.10. The van der Waals surface area contributed by atoms with E-state index in [4.69, 9.17) is 9.94 Å². The Morgan fingerprint density at radius 2 is 2.36 bits per heavy atom. The summed E-state index contributed by atoms with van der Waals surface area (Å²) in [6.45, 7) is 6.46. The summed E-state index contributed by atoms with van der Waals surface area (Å²) in [7, 11) is 0. The molecule has 0 saturated carbocycles. The molecule has 1 atom stereocenters. The molecule has 0 spiro atoms. The molecule has 1 heterocycles. The van der Waals surface area contributed by atoms with E-state index in [1.165, 1.54) is 0 Å². The summed E-state index contributed by atoms with van der Waals surface area (Å²) in [5.74, 6) is 0.705. The highest BCUT2D eigenvalue weighted by Crippen LogP contribution is 2.08. The number of nitrogens with zero attached hydrogens (tertiary/aromatic N) is 1. The molecule has 1 rings (SSSR count). The van der Waals surface area contributed by atoms with Gasteiger partial charge < -0.3 is 5.11 Å². The van der Waals surface area contributed by atoms with E-state index >= 15 is 0 Å². The summed E-state index contributed by atoms with van der Waals surface area (Å²) >= 11 is 0. The lowest BCUT2D eigenvalue weighted by Gasteiger charge is -2.14. The predicted molar refractivity (Wildman–Crippen MR) is 43.0 cm³/mol. The number of β-amino-alcohol motifs (C(OH)–C–C–N with tert-alkyl or cyclic N) is 1. The minimum absolute atomic E-state index is 0.276. The van der Waals surface area contributed by atoms with Gasteiger partial charge >= 0.3 is 0 Å². The van der Waals surface area contributed by atoms with E-state index in [1.807, 2.05) is 5.06 Å². The molecule has 3 nitrogen and oxygen atoms in total. The topological polar surface area (TPSA) is 32.7 Å². The highest BCUT2D eigenvalue weighted by atomic mass is 16.7. The van der Waals surface area contributed by atoms with Crippen LogP contribution in [0.2, 0.25) is 0 Å². The van der Waals surface area contributed by atoms with E-state index in [0.29, 0.717) is 19.1 Å². The highest BCUT2D eigenvalue weighted by Gasteiger charge is 2.20. The van der Waals surface area contributed by atoms with Gasteiger partial charge in [-0.05, 0) is 12.3 Å². The Balaban J connectivity index is 2.08. The molecule has 66 valence electrons. The number of hydrogen-bond donors (Lipinski definition) is 1. The fraction of sp³-hybridized carbons (Fsp3) is 1.00. The van der Waals surface area contributed by atoms with Crippen LogP contribution in [0.5, 0.6) is 0 Å². The van der Waals surface area contributed by atoms with E-state index in [0.717, 1.165) is 13.0 Å². The lowest BCUT2D eigenvalue weighted by Crippen LogP contribution is -2.23. The maximum Gasteiger partial charge on any atom is 0.0958 e. The van der Waals surface area contributed by atoms with Gasteiger partial charge in [-0.1, -0.05) is 13.8 Å². The lowest BCUT2D eigenvalue weighted by molar-refractivity contribution is -0.112. The van der Waals surface area contributed by atoms with Gasteiger partial charge in [0, 0.05) is 6.54 Å². The molecule has 11 heavy (non-hydrogen) atoms. The van der Waals surface area contributed by atoms with Crippen LogP contribution in [0, 0.1) is 5.92 Å². The molecule has 0 amide bonds. The van der Waals surface area contributed by atoms with Crippen molar-refractivity contribution in [2.75, 3.05) is 19.7 Å². The van der Waals surface area contributed by atoms with E-state index in [-0.39, 0.29) is 6.10 Å². The predicted octanol–water partition coefficient (Wildman–Crippen LogP) is 0.641. The van der Waals surface area contributed by atoms with E-state index in [2.05, 4.69) is 13.8 Å². The van der Waals surface area contributed by atoms with Gasteiger partial charge in [-0.15, -0.1) is 0 Å². The second-order valence-electron chi connectivity index (χ2n) is 3.52. The van der Waals surface area contributed by atoms with Crippen LogP contribution in [0.15, 0.2) is 0 Å². The first-order chi connectivity index (χ1) is 5.18. The molecule has 0 aliphatic carbocycles. The molecule has 1 fully saturated rings. The quantitative estimate of drug-likeness (QED) is 0.656. The fourth-order valence-corrected chi connectivity index (χ4v) is 1.09. The molecule has 0 bridgehead atoms.